The summed E-state index contributed by atoms with van der Waals surface area (Å²) in [5, 5.41) is 0. The van der Waals surface area contributed by atoms with E-state index in [0.717, 1.165) is 18.9 Å². The van der Waals surface area contributed by atoms with Gasteiger partial charge in [-0.3, -0.25) is 0 Å². The Bertz CT molecular complexity index is 913. The molecular formula is C21H32F3N3O3S2. The molecule has 2 fully saturated rings. The maximum Gasteiger partial charge on any atom is 0.215 e. The molecule has 11 heteroatoms. The Labute approximate surface area is 191 Å². The van der Waals surface area contributed by atoms with Crippen molar-refractivity contribution in [3.05, 3.63) is 35.1 Å². The standard InChI is InChI=1S/C21H32F3N3O3S2/c1-21(2,3)31(28)26-20(11-13-10-18(23)19(24)12-17(13)22)14-8-15-4-5-16(9-14)27(15)32(29,30)7-6-25/h10,12,14-16,20,26H,4-9,11,25H2,1-3H3/t14?,15?,16?,20-,31+/m1/s1. The number of benzene rings is 1. The maximum absolute atomic E-state index is 14.4. The summed E-state index contributed by atoms with van der Waals surface area (Å²) in [6, 6.07) is 0.481. The van der Waals surface area contributed by atoms with Crippen molar-refractivity contribution in [2.75, 3.05) is 12.3 Å². The molecule has 0 spiro atoms. The van der Waals surface area contributed by atoms with Crippen molar-refractivity contribution in [2.24, 2.45) is 11.7 Å². The normalized spacial score (nSPS) is 26.3. The van der Waals surface area contributed by atoms with Gasteiger partial charge in [-0.1, -0.05) is 0 Å². The number of piperidine rings is 1. The molecule has 3 rings (SSSR count). The third kappa shape index (κ3) is 5.61. The summed E-state index contributed by atoms with van der Waals surface area (Å²) in [5.74, 6) is -3.47. The number of nitrogens with zero attached hydrogens (tertiary/aromatic N) is 1. The zero-order valence-corrected chi connectivity index (χ0v) is 20.2. The van der Waals surface area contributed by atoms with Crippen LogP contribution in [0.2, 0.25) is 0 Å². The van der Waals surface area contributed by atoms with Crippen molar-refractivity contribution in [3.8, 4) is 0 Å². The van der Waals surface area contributed by atoms with Crippen molar-refractivity contribution >= 4 is 21.4 Å². The van der Waals surface area contributed by atoms with E-state index in [2.05, 4.69) is 4.72 Å². The highest BCUT2D eigenvalue weighted by Gasteiger charge is 2.48. The monoisotopic (exact) mass is 495 g/mol. The van der Waals surface area contributed by atoms with Gasteiger partial charge in [-0.05, 0) is 70.4 Å². The molecule has 0 saturated carbocycles. The van der Waals surface area contributed by atoms with Gasteiger partial charge in [-0.2, -0.15) is 4.31 Å². The lowest BCUT2D eigenvalue weighted by Gasteiger charge is -2.41. The van der Waals surface area contributed by atoms with Crippen LogP contribution in [0, 0.1) is 23.4 Å². The summed E-state index contributed by atoms with van der Waals surface area (Å²) >= 11 is -1.48. The molecule has 1 aromatic carbocycles. The summed E-state index contributed by atoms with van der Waals surface area (Å²) in [7, 11) is -3.46. The van der Waals surface area contributed by atoms with Crippen LogP contribution in [-0.2, 0) is 27.8 Å². The molecule has 0 aromatic heterocycles. The first-order valence-electron chi connectivity index (χ1n) is 10.9. The molecule has 182 valence electrons. The molecule has 0 amide bonds. The van der Waals surface area contributed by atoms with Gasteiger partial charge < -0.3 is 10.3 Å². The van der Waals surface area contributed by atoms with Crippen molar-refractivity contribution in [2.45, 2.75) is 75.7 Å². The van der Waals surface area contributed by atoms with Gasteiger partial charge in [-0.25, -0.2) is 21.6 Å². The average Bonchev–Trinajstić information content (AvgIpc) is 2.96. The lowest BCUT2D eigenvalue weighted by Crippen LogP contribution is -2.54. The highest BCUT2D eigenvalue weighted by Crippen LogP contribution is 2.42. The van der Waals surface area contributed by atoms with Crippen molar-refractivity contribution < 1.29 is 26.1 Å². The van der Waals surface area contributed by atoms with E-state index in [1.165, 1.54) is 0 Å². The molecule has 2 unspecified atom stereocenters. The Morgan fingerprint density at radius 2 is 1.72 bits per heavy atom. The molecule has 2 heterocycles. The first-order chi connectivity index (χ1) is 14.8. The van der Waals surface area contributed by atoms with Gasteiger partial charge in [0.15, 0.2) is 11.6 Å². The lowest BCUT2D eigenvalue weighted by molar-refractivity contribution is 0.165. The Balaban J connectivity index is 1.86. The van der Waals surface area contributed by atoms with E-state index in [-0.39, 0.29) is 42.3 Å². The van der Waals surface area contributed by atoms with E-state index in [1.807, 2.05) is 0 Å². The maximum atomic E-state index is 14.4. The molecular weight excluding hydrogens is 463 g/mol. The number of fused-ring (bicyclic) bond motifs is 2. The van der Waals surface area contributed by atoms with Gasteiger partial charge in [-0.15, -0.1) is 4.72 Å². The lowest BCUT2D eigenvalue weighted by atomic mass is 9.83. The molecule has 2 saturated heterocycles. The van der Waals surface area contributed by atoms with Crippen LogP contribution in [0.3, 0.4) is 0 Å². The van der Waals surface area contributed by atoms with Gasteiger partial charge in [0.25, 0.3) is 0 Å². The molecule has 6 nitrogen and oxygen atoms in total. The minimum Gasteiger partial charge on any atom is -0.598 e. The molecule has 0 aliphatic carbocycles. The fraction of sp³-hybridized carbons (Fsp3) is 0.714. The molecule has 2 aliphatic rings. The Hall–Kier alpha value is -0.850. The zero-order chi connectivity index (χ0) is 23.8. The van der Waals surface area contributed by atoms with Crippen LogP contribution >= 0.6 is 0 Å². The van der Waals surface area contributed by atoms with Gasteiger partial charge >= 0.3 is 0 Å². The van der Waals surface area contributed by atoms with Crippen molar-refractivity contribution in [1.82, 2.24) is 9.03 Å². The fourth-order valence-corrected chi connectivity index (χ4v) is 7.49. The number of hydrogen-bond acceptors (Lipinski definition) is 5. The summed E-state index contributed by atoms with van der Waals surface area (Å²) < 4.78 is 83.9. The van der Waals surface area contributed by atoms with Crippen LogP contribution in [0.15, 0.2) is 12.1 Å². The highest BCUT2D eigenvalue weighted by molar-refractivity contribution is 7.90. The first-order valence-corrected chi connectivity index (χ1v) is 13.6. The third-order valence-corrected chi connectivity index (χ3v) is 9.93. The Morgan fingerprint density at radius 1 is 1.16 bits per heavy atom. The second kappa shape index (κ2) is 9.79. The summed E-state index contributed by atoms with van der Waals surface area (Å²) in [4.78, 5) is 0. The van der Waals surface area contributed by atoms with E-state index >= 15 is 0 Å². The van der Waals surface area contributed by atoms with Crippen molar-refractivity contribution in [3.63, 3.8) is 0 Å². The Kier molecular flexibility index (Phi) is 7.88. The second-order valence-electron chi connectivity index (χ2n) is 9.72. The van der Waals surface area contributed by atoms with Crippen LogP contribution in [0.1, 0.15) is 52.0 Å². The largest absolute Gasteiger partial charge is 0.598 e. The molecule has 1 aromatic rings. The van der Waals surface area contributed by atoms with Gasteiger partial charge in [0.1, 0.15) is 10.6 Å². The molecule has 4 atom stereocenters. The number of sulfonamides is 1. The molecule has 3 N–H and O–H groups in total. The first kappa shape index (κ1) is 25.8. The minimum absolute atomic E-state index is 0.00200. The summed E-state index contributed by atoms with van der Waals surface area (Å²) in [6.07, 6.45) is 2.50. The number of nitrogens with one attached hydrogen (secondary N) is 1. The van der Waals surface area contributed by atoms with Gasteiger partial charge in [0, 0.05) is 36.1 Å². The summed E-state index contributed by atoms with van der Waals surface area (Å²) in [5.41, 5.74) is 5.48. The van der Waals surface area contributed by atoms with Gasteiger partial charge in [0.2, 0.25) is 10.0 Å². The second-order valence-corrected chi connectivity index (χ2v) is 13.7. The van der Waals surface area contributed by atoms with E-state index in [9.17, 15) is 26.1 Å². The topological polar surface area (TPSA) is 98.5 Å². The zero-order valence-electron chi connectivity index (χ0n) is 18.6. The van der Waals surface area contributed by atoms with Gasteiger partial charge in [0.05, 0.1) is 11.8 Å². The smallest absolute Gasteiger partial charge is 0.215 e. The van der Waals surface area contributed by atoms with E-state index in [4.69, 9.17) is 5.73 Å². The summed E-state index contributed by atoms with van der Waals surface area (Å²) in [6.45, 7) is 5.46. The number of halogens is 3. The van der Waals surface area contributed by atoms with E-state index in [1.54, 1.807) is 25.1 Å². The minimum atomic E-state index is -3.46. The van der Waals surface area contributed by atoms with Crippen LogP contribution in [-0.4, -0.2) is 52.4 Å². The quantitative estimate of drug-likeness (QED) is 0.427. The molecule has 32 heavy (non-hydrogen) atoms. The van der Waals surface area contributed by atoms with Crippen LogP contribution < -0.4 is 10.5 Å². The third-order valence-electron chi connectivity index (χ3n) is 6.31. The van der Waals surface area contributed by atoms with E-state index < -0.39 is 49.6 Å². The SMILES string of the molecule is CC(C)(C)[S@+]([O-])N[C@H](Cc1cc(F)c(F)cc1F)C1CC2CCC(C1)N2S(=O)(=O)CCN. The van der Waals surface area contributed by atoms with Crippen LogP contribution in [0.4, 0.5) is 13.2 Å². The van der Waals surface area contributed by atoms with Crippen molar-refractivity contribution in [1.29, 1.82) is 0 Å². The predicted octanol–water partition coefficient (Wildman–Crippen LogP) is 2.60. The molecule has 2 bridgehead atoms. The van der Waals surface area contributed by atoms with Crippen LogP contribution in [0.5, 0.6) is 0 Å². The number of hydrogen-bond donors (Lipinski definition) is 2. The predicted molar refractivity (Wildman–Crippen MR) is 119 cm³/mol. The highest BCUT2D eigenvalue weighted by atomic mass is 32.2. The number of nitrogens with two attached hydrogens (primary N) is 1. The Morgan fingerprint density at radius 3 is 2.25 bits per heavy atom. The van der Waals surface area contributed by atoms with Crippen LogP contribution in [0.25, 0.3) is 0 Å². The number of rotatable bonds is 8. The van der Waals surface area contributed by atoms with E-state index in [0.29, 0.717) is 18.9 Å². The molecule has 0 radical (unpaired) electrons. The molecule has 2 aliphatic heterocycles. The average molecular weight is 496 g/mol. The fourth-order valence-electron chi connectivity index (χ4n) is 4.79.